The molecule has 0 aliphatic rings. The maximum absolute atomic E-state index is 14.3. The quantitative estimate of drug-likeness (QED) is 0.0632. The standard InChI is InChI=1S/C38H44N2O4S3Si2/c1-48(2,3)43-17-11-7-9-13-23-19-28-31(45-23)21-27-25-15-16-26-34-33(25)36(38(42)39(27)28)47-35(34)30-22-32-29(40(30)37(26)41)20-24(46-32)14-10-8-12-18-44-49(4,5)6/h15-16,19-22H,7-14,17-18H2,1-6H3. The van der Waals surface area contributed by atoms with Crippen LogP contribution in [0.3, 0.4) is 0 Å². The molecular formula is C38H44N2O4S3Si2. The van der Waals surface area contributed by atoms with Gasteiger partial charge in [0.1, 0.15) is 4.70 Å². The molecule has 0 atom stereocenters. The summed E-state index contributed by atoms with van der Waals surface area (Å²) in [6.07, 6.45) is 8.77. The monoisotopic (exact) mass is 744 g/mol. The second kappa shape index (κ2) is 12.5. The predicted octanol–water partition coefficient (Wildman–Crippen LogP) is 10.9. The average molecular weight is 745 g/mol. The zero-order chi connectivity index (χ0) is 34.2. The van der Waals surface area contributed by atoms with Gasteiger partial charge in [0.15, 0.2) is 16.6 Å². The minimum atomic E-state index is -1.45. The highest BCUT2D eigenvalue weighted by molar-refractivity contribution is 7.27. The summed E-state index contributed by atoms with van der Waals surface area (Å²) in [6.45, 7) is 15.1. The van der Waals surface area contributed by atoms with Gasteiger partial charge in [-0.2, -0.15) is 0 Å². The third-order valence-electron chi connectivity index (χ3n) is 9.49. The second-order valence-electron chi connectivity index (χ2n) is 15.5. The molecule has 0 N–H and O–H groups in total. The maximum atomic E-state index is 14.3. The Kier molecular flexibility index (Phi) is 8.57. The van der Waals surface area contributed by atoms with Crippen molar-refractivity contribution in [2.24, 2.45) is 0 Å². The van der Waals surface area contributed by atoms with Crippen molar-refractivity contribution < 1.29 is 8.85 Å². The average Bonchev–Trinajstić information content (AvgIpc) is 3.83. The molecule has 256 valence electrons. The summed E-state index contributed by atoms with van der Waals surface area (Å²) in [4.78, 5) is 31.1. The van der Waals surface area contributed by atoms with E-state index >= 15 is 0 Å². The summed E-state index contributed by atoms with van der Waals surface area (Å²) in [5.41, 5.74) is 3.89. The van der Waals surface area contributed by atoms with Crippen molar-refractivity contribution in [2.45, 2.75) is 90.6 Å². The lowest BCUT2D eigenvalue weighted by atomic mass is 10.0. The molecule has 0 aliphatic heterocycles. The van der Waals surface area contributed by atoms with Gasteiger partial charge in [0, 0.05) is 44.5 Å². The van der Waals surface area contributed by atoms with Gasteiger partial charge in [-0.15, -0.1) is 34.0 Å². The van der Waals surface area contributed by atoms with Gasteiger partial charge in [0.25, 0.3) is 11.1 Å². The Morgan fingerprint density at radius 1 is 0.551 bits per heavy atom. The first-order valence-corrected chi connectivity index (χ1v) is 26.9. The predicted molar refractivity (Wildman–Crippen MR) is 218 cm³/mol. The van der Waals surface area contributed by atoms with Crippen LogP contribution in [0.4, 0.5) is 0 Å². The van der Waals surface area contributed by atoms with Crippen LogP contribution < -0.4 is 11.1 Å². The van der Waals surface area contributed by atoms with Gasteiger partial charge >= 0.3 is 0 Å². The zero-order valence-corrected chi connectivity index (χ0v) is 33.7. The minimum Gasteiger partial charge on any atom is -0.418 e. The van der Waals surface area contributed by atoms with E-state index in [4.69, 9.17) is 8.85 Å². The first kappa shape index (κ1) is 33.5. The summed E-state index contributed by atoms with van der Waals surface area (Å²) < 4.78 is 19.9. The van der Waals surface area contributed by atoms with Crippen LogP contribution in [0, 0.1) is 0 Å². The molecular weight excluding hydrogens is 701 g/mol. The molecule has 49 heavy (non-hydrogen) atoms. The number of aryl methyl sites for hydroxylation is 2. The SMILES string of the molecule is C[Si](C)(C)OCCCCCc1cc2c(cc3c4ccc5c(=O)n6c7cc(CCCCCO[Si](C)(C)C)sc7cc6c6sc(c(=O)n23)c4c56)s1. The van der Waals surface area contributed by atoms with E-state index in [9.17, 15) is 9.59 Å². The smallest absolute Gasteiger partial charge is 0.273 e. The number of pyridine rings is 2. The lowest BCUT2D eigenvalue weighted by molar-refractivity contribution is 0.299. The number of aromatic nitrogens is 2. The maximum Gasteiger partial charge on any atom is 0.273 e. The van der Waals surface area contributed by atoms with Crippen LogP contribution in [0.2, 0.25) is 39.3 Å². The van der Waals surface area contributed by atoms with Crippen molar-refractivity contribution in [3.05, 3.63) is 66.9 Å². The molecule has 0 unspecified atom stereocenters. The van der Waals surface area contributed by atoms with Crippen LogP contribution in [0.1, 0.15) is 48.3 Å². The Balaban J connectivity index is 1.11. The molecule has 7 aromatic heterocycles. The van der Waals surface area contributed by atoms with E-state index in [-0.39, 0.29) is 11.1 Å². The third kappa shape index (κ3) is 6.09. The molecule has 8 aromatic rings. The minimum absolute atomic E-state index is 0.00678. The van der Waals surface area contributed by atoms with E-state index < -0.39 is 16.6 Å². The Morgan fingerprint density at radius 3 is 1.63 bits per heavy atom. The normalized spacial score (nSPS) is 13.4. The largest absolute Gasteiger partial charge is 0.418 e. The summed E-state index contributed by atoms with van der Waals surface area (Å²) >= 11 is 5.15. The van der Waals surface area contributed by atoms with Gasteiger partial charge in [-0.1, -0.05) is 18.9 Å². The van der Waals surface area contributed by atoms with Crippen molar-refractivity contribution in [3.63, 3.8) is 0 Å². The van der Waals surface area contributed by atoms with Gasteiger partial charge in [-0.05, 0) is 108 Å². The number of rotatable bonds is 14. The number of fused-ring (bicyclic) bond motifs is 8. The molecule has 7 heterocycles. The van der Waals surface area contributed by atoms with Crippen LogP contribution in [0.5, 0.6) is 0 Å². The molecule has 11 heteroatoms. The molecule has 0 saturated carbocycles. The lowest BCUT2D eigenvalue weighted by Gasteiger charge is -2.16. The number of thiophene rings is 3. The number of benzene rings is 1. The highest BCUT2D eigenvalue weighted by atomic mass is 32.1. The summed E-state index contributed by atoms with van der Waals surface area (Å²) in [5, 5.41) is 3.65. The van der Waals surface area contributed by atoms with Gasteiger partial charge in [0.05, 0.1) is 36.2 Å². The van der Waals surface area contributed by atoms with Crippen molar-refractivity contribution >= 4 is 113 Å². The molecule has 1 aromatic carbocycles. The molecule has 0 bridgehead atoms. The van der Waals surface area contributed by atoms with Crippen molar-refractivity contribution in [3.8, 4) is 0 Å². The molecule has 0 saturated heterocycles. The van der Waals surface area contributed by atoms with Crippen molar-refractivity contribution in [2.75, 3.05) is 13.2 Å². The first-order chi connectivity index (χ1) is 23.4. The highest BCUT2D eigenvalue weighted by Crippen LogP contribution is 2.44. The molecule has 0 radical (unpaired) electrons. The van der Waals surface area contributed by atoms with E-state index in [0.29, 0.717) is 5.39 Å². The molecule has 0 aliphatic carbocycles. The number of hydrogen-bond acceptors (Lipinski definition) is 7. The summed E-state index contributed by atoms with van der Waals surface area (Å²) in [6, 6.07) is 12.9. The van der Waals surface area contributed by atoms with Gasteiger partial charge in [-0.3, -0.25) is 18.4 Å². The van der Waals surface area contributed by atoms with Gasteiger partial charge in [-0.25, -0.2) is 0 Å². The molecule has 8 rings (SSSR count). The Morgan fingerprint density at radius 2 is 1.06 bits per heavy atom. The zero-order valence-electron chi connectivity index (χ0n) is 29.3. The summed E-state index contributed by atoms with van der Waals surface area (Å²) in [5.74, 6) is 0. The molecule has 6 nitrogen and oxygen atoms in total. The van der Waals surface area contributed by atoms with Crippen molar-refractivity contribution in [1.82, 2.24) is 8.80 Å². The number of unbranched alkanes of at least 4 members (excludes halogenated alkanes) is 4. The van der Waals surface area contributed by atoms with Crippen LogP contribution in [0.15, 0.2) is 46.0 Å². The summed E-state index contributed by atoms with van der Waals surface area (Å²) in [7, 11) is -2.90. The Labute approximate surface area is 299 Å². The molecule has 0 fully saturated rings. The fraction of sp³-hybridized carbons (Fsp3) is 0.421. The van der Waals surface area contributed by atoms with E-state index in [0.717, 1.165) is 122 Å². The van der Waals surface area contributed by atoms with Gasteiger partial charge < -0.3 is 8.85 Å². The third-order valence-corrected chi connectivity index (χ3v) is 15.1. The van der Waals surface area contributed by atoms with Gasteiger partial charge in [0.2, 0.25) is 0 Å². The highest BCUT2D eigenvalue weighted by Gasteiger charge is 2.25. The topological polar surface area (TPSA) is 61.4 Å². The first-order valence-electron chi connectivity index (χ1n) is 17.6. The van der Waals surface area contributed by atoms with Crippen LogP contribution in [-0.2, 0) is 21.7 Å². The van der Waals surface area contributed by atoms with Crippen molar-refractivity contribution in [1.29, 1.82) is 0 Å². The second-order valence-corrected chi connectivity index (χ2v) is 27.9. The van der Waals surface area contributed by atoms with Crippen LogP contribution in [-0.4, -0.2) is 38.6 Å². The molecule has 0 amide bonds. The van der Waals surface area contributed by atoms with E-state index in [1.807, 2.05) is 14.9 Å². The Hall–Kier alpha value is -2.65. The fourth-order valence-electron chi connectivity index (χ4n) is 7.27. The fourth-order valence-corrected chi connectivity index (χ4v) is 12.3. The lowest BCUT2D eigenvalue weighted by Crippen LogP contribution is -2.25. The number of hydrogen-bond donors (Lipinski definition) is 0. The number of nitrogens with zero attached hydrogens (tertiary/aromatic N) is 2. The molecule has 0 spiro atoms. The van der Waals surface area contributed by atoms with E-state index in [1.165, 1.54) is 9.75 Å². The Bertz CT molecular complexity index is 2600. The van der Waals surface area contributed by atoms with Crippen LogP contribution >= 0.6 is 34.0 Å². The van der Waals surface area contributed by atoms with E-state index in [1.54, 1.807) is 34.0 Å². The van der Waals surface area contributed by atoms with E-state index in [2.05, 4.69) is 69.6 Å². The van der Waals surface area contributed by atoms with Crippen LogP contribution in [0.25, 0.3) is 62.4 Å².